The zero-order chi connectivity index (χ0) is 17.2. The number of ether oxygens (including phenoxy) is 1. The molecule has 25 heavy (non-hydrogen) atoms. The van der Waals surface area contributed by atoms with E-state index in [9.17, 15) is 4.79 Å². The Labute approximate surface area is 144 Å². The van der Waals surface area contributed by atoms with Crippen molar-refractivity contribution >= 4 is 22.9 Å². The third kappa shape index (κ3) is 2.98. The van der Waals surface area contributed by atoms with Crippen molar-refractivity contribution < 1.29 is 9.53 Å². The number of aromatic amines is 1. The minimum Gasteiger partial charge on any atom is -0.497 e. The summed E-state index contributed by atoms with van der Waals surface area (Å²) in [6.07, 6.45) is 3.07. The highest BCUT2D eigenvalue weighted by atomic mass is 16.5. The Bertz CT molecular complexity index is 892. The van der Waals surface area contributed by atoms with Gasteiger partial charge in [-0.1, -0.05) is 12.1 Å². The Balaban J connectivity index is 1.46. The van der Waals surface area contributed by atoms with Crippen LogP contribution in [0.2, 0.25) is 0 Å². The van der Waals surface area contributed by atoms with Gasteiger partial charge in [0.1, 0.15) is 17.6 Å². The van der Waals surface area contributed by atoms with Gasteiger partial charge < -0.3 is 19.5 Å². The normalized spacial score (nSPS) is 15.0. The van der Waals surface area contributed by atoms with Gasteiger partial charge in [-0.25, -0.2) is 15.0 Å². The predicted octanol–water partition coefficient (Wildman–Crippen LogP) is 1.21. The standard InChI is InChI=1S/C17H18N6O2/c1-25-13-4-2-12(3-5-13)8-22-6-7-23(9-14(22)24)17-15-16(19-10-18-15)20-11-21-17/h2-5,10-11H,6-9H2,1H3,(H,18,19,20,21). The average molecular weight is 338 g/mol. The number of benzene rings is 1. The van der Waals surface area contributed by atoms with Crippen molar-refractivity contribution in [3.63, 3.8) is 0 Å². The first kappa shape index (κ1) is 15.4. The predicted molar refractivity (Wildman–Crippen MR) is 92.3 cm³/mol. The number of H-pyrrole nitrogens is 1. The van der Waals surface area contributed by atoms with Gasteiger partial charge in [-0.15, -0.1) is 0 Å². The summed E-state index contributed by atoms with van der Waals surface area (Å²) in [6, 6.07) is 7.78. The molecule has 4 rings (SSSR count). The van der Waals surface area contributed by atoms with Crippen LogP contribution in [0.4, 0.5) is 5.82 Å². The number of carbonyl (C=O) groups excluding carboxylic acids is 1. The van der Waals surface area contributed by atoms with Crippen molar-refractivity contribution in [3.05, 3.63) is 42.5 Å². The summed E-state index contributed by atoms with van der Waals surface area (Å²) in [6.45, 7) is 2.25. The molecule has 0 bridgehead atoms. The number of carbonyl (C=O) groups is 1. The monoisotopic (exact) mass is 338 g/mol. The fourth-order valence-electron chi connectivity index (χ4n) is 3.00. The summed E-state index contributed by atoms with van der Waals surface area (Å²) in [5.74, 6) is 1.61. The van der Waals surface area contributed by atoms with E-state index in [1.165, 1.54) is 6.33 Å². The van der Waals surface area contributed by atoms with Crippen LogP contribution in [0.1, 0.15) is 5.56 Å². The van der Waals surface area contributed by atoms with Crippen LogP contribution in [0, 0.1) is 0 Å². The molecule has 0 aliphatic carbocycles. The third-order valence-corrected chi connectivity index (χ3v) is 4.35. The summed E-state index contributed by atoms with van der Waals surface area (Å²) in [7, 11) is 1.64. The van der Waals surface area contributed by atoms with Crippen LogP contribution in [0.25, 0.3) is 11.2 Å². The third-order valence-electron chi connectivity index (χ3n) is 4.35. The number of nitrogens with zero attached hydrogens (tertiary/aromatic N) is 5. The highest BCUT2D eigenvalue weighted by molar-refractivity contribution is 5.88. The van der Waals surface area contributed by atoms with Gasteiger partial charge in [0, 0.05) is 19.6 Å². The molecule has 1 amide bonds. The van der Waals surface area contributed by atoms with E-state index in [2.05, 4.69) is 19.9 Å². The second-order valence-electron chi connectivity index (χ2n) is 5.88. The largest absolute Gasteiger partial charge is 0.497 e. The molecule has 0 atom stereocenters. The Morgan fingerprint density at radius 1 is 1.16 bits per heavy atom. The lowest BCUT2D eigenvalue weighted by molar-refractivity contribution is -0.131. The zero-order valence-corrected chi connectivity index (χ0v) is 13.8. The number of nitrogens with one attached hydrogen (secondary N) is 1. The molecule has 128 valence electrons. The summed E-state index contributed by atoms with van der Waals surface area (Å²) in [5.41, 5.74) is 2.46. The molecule has 8 heteroatoms. The smallest absolute Gasteiger partial charge is 0.242 e. The summed E-state index contributed by atoms with van der Waals surface area (Å²) < 4.78 is 5.16. The molecule has 0 unspecified atom stereocenters. The molecule has 0 radical (unpaired) electrons. The zero-order valence-electron chi connectivity index (χ0n) is 13.8. The molecule has 3 aromatic rings. The number of methoxy groups -OCH3 is 1. The summed E-state index contributed by atoms with van der Waals surface area (Å²) in [4.78, 5) is 32.0. The maximum atomic E-state index is 12.6. The number of piperazine rings is 1. The van der Waals surface area contributed by atoms with Crippen LogP contribution in [0.5, 0.6) is 5.75 Å². The lowest BCUT2D eigenvalue weighted by Crippen LogP contribution is -2.50. The number of anilines is 1. The molecule has 1 fully saturated rings. The molecule has 1 N–H and O–H groups in total. The van der Waals surface area contributed by atoms with Gasteiger partial charge in [-0.05, 0) is 17.7 Å². The minimum atomic E-state index is 0.0772. The van der Waals surface area contributed by atoms with Crippen LogP contribution in [-0.2, 0) is 11.3 Å². The van der Waals surface area contributed by atoms with E-state index in [-0.39, 0.29) is 5.91 Å². The van der Waals surface area contributed by atoms with E-state index in [4.69, 9.17) is 4.74 Å². The second-order valence-corrected chi connectivity index (χ2v) is 5.88. The van der Waals surface area contributed by atoms with Gasteiger partial charge in [0.25, 0.3) is 0 Å². The number of hydrogen-bond acceptors (Lipinski definition) is 6. The van der Waals surface area contributed by atoms with E-state index in [0.29, 0.717) is 31.8 Å². The molecule has 0 saturated carbocycles. The van der Waals surface area contributed by atoms with Crippen molar-refractivity contribution in [2.24, 2.45) is 0 Å². The molecule has 0 spiro atoms. The molecule has 1 aromatic carbocycles. The quantitative estimate of drug-likeness (QED) is 0.769. The van der Waals surface area contributed by atoms with Crippen molar-refractivity contribution in [1.82, 2.24) is 24.8 Å². The molecule has 1 saturated heterocycles. The highest BCUT2D eigenvalue weighted by Crippen LogP contribution is 2.22. The van der Waals surface area contributed by atoms with Crippen molar-refractivity contribution in [2.75, 3.05) is 31.6 Å². The number of hydrogen-bond donors (Lipinski definition) is 1. The van der Waals surface area contributed by atoms with Crippen molar-refractivity contribution in [2.45, 2.75) is 6.54 Å². The molecular weight excluding hydrogens is 320 g/mol. The van der Waals surface area contributed by atoms with E-state index >= 15 is 0 Å². The van der Waals surface area contributed by atoms with Gasteiger partial charge in [0.05, 0.1) is 20.0 Å². The number of fused-ring (bicyclic) bond motifs is 1. The first-order valence-corrected chi connectivity index (χ1v) is 8.04. The lowest BCUT2D eigenvalue weighted by Gasteiger charge is -2.35. The van der Waals surface area contributed by atoms with Gasteiger partial charge >= 0.3 is 0 Å². The van der Waals surface area contributed by atoms with Gasteiger partial charge in [-0.3, -0.25) is 4.79 Å². The fourth-order valence-corrected chi connectivity index (χ4v) is 3.00. The number of amides is 1. The molecule has 8 nitrogen and oxygen atoms in total. The van der Waals surface area contributed by atoms with E-state index < -0.39 is 0 Å². The Morgan fingerprint density at radius 2 is 2.00 bits per heavy atom. The SMILES string of the molecule is COc1ccc(CN2CCN(c3ncnc4nc[nH]c34)CC2=O)cc1. The molecule has 2 aromatic heterocycles. The van der Waals surface area contributed by atoms with Crippen LogP contribution in [0.3, 0.4) is 0 Å². The number of aromatic nitrogens is 4. The van der Waals surface area contributed by atoms with Crippen molar-refractivity contribution in [1.29, 1.82) is 0 Å². The van der Waals surface area contributed by atoms with Crippen LogP contribution in [-0.4, -0.2) is 57.5 Å². The number of rotatable bonds is 4. The van der Waals surface area contributed by atoms with E-state index in [1.807, 2.05) is 34.1 Å². The first-order valence-electron chi connectivity index (χ1n) is 8.04. The molecule has 1 aliphatic rings. The maximum Gasteiger partial charge on any atom is 0.242 e. The molecule has 3 heterocycles. The average Bonchev–Trinajstić information content (AvgIpc) is 3.13. The maximum absolute atomic E-state index is 12.6. The Kier molecular flexibility index (Phi) is 3.93. The summed E-state index contributed by atoms with van der Waals surface area (Å²) in [5, 5.41) is 0. The van der Waals surface area contributed by atoms with Crippen LogP contribution in [0.15, 0.2) is 36.9 Å². The first-order chi connectivity index (χ1) is 12.2. The highest BCUT2D eigenvalue weighted by Gasteiger charge is 2.26. The molecule has 1 aliphatic heterocycles. The molecular formula is C17H18N6O2. The van der Waals surface area contributed by atoms with Crippen LogP contribution >= 0.6 is 0 Å². The van der Waals surface area contributed by atoms with E-state index in [0.717, 1.165) is 22.6 Å². The van der Waals surface area contributed by atoms with Crippen LogP contribution < -0.4 is 9.64 Å². The van der Waals surface area contributed by atoms with Crippen molar-refractivity contribution in [3.8, 4) is 5.75 Å². The lowest BCUT2D eigenvalue weighted by atomic mass is 10.2. The number of imidazole rings is 1. The van der Waals surface area contributed by atoms with Gasteiger partial charge in [-0.2, -0.15) is 0 Å². The fraction of sp³-hybridized carbons (Fsp3) is 0.294. The minimum absolute atomic E-state index is 0.0772. The van der Waals surface area contributed by atoms with E-state index in [1.54, 1.807) is 13.4 Å². The summed E-state index contributed by atoms with van der Waals surface area (Å²) >= 11 is 0. The Morgan fingerprint density at radius 3 is 2.76 bits per heavy atom. The second kappa shape index (κ2) is 6.39. The van der Waals surface area contributed by atoms with Gasteiger partial charge in [0.2, 0.25) is 5.91 Å². The topological polar surface area (TPSA) is 87.2 Å². The Hall–Kier alpha value is -3.16. The van der Waals surface area contributed by atoms with Gasteiger partial charge in [0.15, 0.2) is 11.5 Å².